The molecule has 0 aliphatic carbocycles. The van der Waals surface area contributed by atoms with Crippen LogP contribution in [0.1, 0.15) is 18.8 Å². The third kappa shape index (κ3) is 3.64. The van der Waals surface area contributed by atoms with E-state index in [0.717, 1.165) is 0 Å². The van der Waals surface area contributed by atoms with Crippen molar-refractivity contribution in [2.24, 2.45) is 7.05 Å². The van der Waals surface area contributed by atoms with E-state index >= 15 is 0 Å². The summed E-state index contributed by atoms with van der Waals surface area (Å²) in [4.78, 5) is 36.6. The predicted molar refractivity (Wildman–Crippen MR) is 125 cm³/mol. The number of hydrogen-bond acceptors (Lipinski definition) is 8. The van der Waals surface area contributed by atoms with Gasteiger partial charge in [0.05, 0.1) is 41.6 Å². The number of ether oxygens (including phenoxy) is 1. The molecular formula is C20H21N9O2S. The highest BCUT2D eigenvalue weighted by Crippen LogP contribution is 2.32. The molecule has 1 atom stereocenters. The molecule has 32 heavy (non-hydrogen) atoms. The van der Waals surface area contributed by atoms with Gasteiger partial charge in [-0.1, -0.05) is 0 Å². The molecule has 5 rings (SSSR count). The fourth-order valence-electron chi connectivity index (χ4n) is 3.48. The van der Waals surface area contributed by atoms with E-state index in [1.807, 2.05) is 6.92 Å². The molecule has 164 valence electrons. The Morgan fingerprint density at radius 2 is 1.94 bits per heavy atom. The van der Waals surface area contributed by atoms with Crippen LogP contribution in [0.5, 0.6) is 5.88 Å². The Kier molecular flexibility index (Phi) is 5.53. The van der Waals surface area contributed by atoms with Crippen LogP contribution in [0, 0.1) is 0 Å². The number of anilines is 1. The first kappa shape index (κ1) is 21.3. The molecule has 0 radical (unpaired) electrons. The SMILES string of the molecule is COc1cc2nc(-c3c(N[C@@H](C)c4ncccn4)c4nn(C)cc4[nH]c3=O)[nH]c2cn1.S. The van der Waals surface area contributed by atoms with Crippen molar-refractivity contribution in [3.05, 3.63) is 53.1 Å². The zero-order chi connectivity index (χ0) is 21.5. The van der Waals surface area contributed by atoms with E-state index in [0.29, 0.717) is 50.8 Å². The van der Waals surface area contributed by atoms with Crippen LogP contribution in [0.2, 0.25) is 0 Å². The second-order valence-corrected chi connectivity index (χ2v) is 7.07. The Bertz CT molecular complexity index is 1460. The van der Waals surface area contributed by atoms with Gasteiger partial charge in [0, 0.05) is 31.7 Å². The Hall–Kier alpha value is -3.93. The lowest BCUT2D eigenvalue weighted by molar-refractivity contribution is 0.398. The average Bonchev–Trinajstić information content (AvgIpc) is 3.35. The van der Waals surface area contributed by atoms with Crippen LogP contribution in [-0.4, -0.2) is 46.8 Å². The zero-order valence-corrected chi connectivity index (χ0v) is 18.5. The number of nitrogens with zero attached hydrogens (tertiary/aromatic N) is 6. The van der Waals surface area contributed by atoms with E-state index in [-0.39, 0.29) is 25.1 Å². The van der Waals surface area contributed by atoms with Gasteiger partial charge < -0.3 is 20.0 Å². The zero-order valence-electron chi connectivity index (χ0n) is 17.5. The van der Waals surface area contributed by atoms with E-state index < -0.39 is 0 Å². The minimum atomic E-state index is -0.303. The number of imidazole rings is 1. The summed E-state index contributed by atoms with van der Waals surface area (Å²) in [5, 5.41) is 7.91. The summed E-state index contributed by atoms with van der Waals surface area (Å²) < 4.78 is 6.82. The summed E-state index contributed by atoms with van der Waals surface area (Å²) in [6, 6.07) is 3.18. The number of pyridine rings is 2. The monoisotopic (exact) mass is 451 g/mol. The Balaban J connectivity index is 0.00000245. The molecule has 0 bridgehead atoms. The van der Waals surface area contributed by atoms with Crippen molar-refractivity contribution in [3.63, 3.8) is 0 Å². The summed E-state index contributed by atoms with van der Waals surface area (Å²) in [5.74, 6) is 1.42. The molecule has 11 nitrogen and oxygen atoms in total. The summed E-state index contributed by atoms with van der Waals surface area (Å²) >= 11 is 0. The van der Waals surface area contributed by atoms with Gasteiger partial charge in [-0.25, -0.2) is 19.9 Å². The van der Waals surface area contributed by atoms with Crippen molar-refractivity contribution in [2.45, 2.75) is 13.0 Å². The Morgan fingerprint density at radius 3 is 2.69 bits per heavy atom. The van der Waals surface area contributed by atoms with Crippen molar-refractivity contribution in [1.82, 2.24) is 39.7 Å². The first-order chi connectivity index (χ1) is 15.0. The number of fused-ring (bicyclic) bond motifs is 2. The molecule has 0 amide bonds. The molecule has 5 aromatic heterocycles. The first-order valence-corrected chi connectivity index (χ1v) is 9.56. The fourth-order valence-corrected chi connectivity index (χ4v) is 3.48. The van der Waals surface area contributed by atoms with Crippen molar-refractivity contribution in [3.8, 4) is 17.3 Å². The smallest absolute Gasteiger partial charge is 0.261 e. The molecule has 12 heteroatoms. The normalized spacial score (nSPS) is 12.0. The van der Waals surface area contributed by atoms with Gasteiger partial charge in [0.25, 0.3) is 5.56 Å². The van der Waals surface area contributed by atoms with E-state index in [1.165, 1.54) is 7.11 Å². The predicted octanol–water partition coefficient (Wildman–Crippen LogP) is 2.28. The van der Waals surface area contributed by atoms with Crippen LogP contribution in [-0.2, 0) is 7.05 Å². The maximum atomic E-state index is 13.1. The fraction of sp³-hybridized carbons (Fsp3) is 0.200. The molecule has 5 aromatic rings. The average molecular weight is 452 g/mol. The molecule has 0 aliphatic rings. The van der Waals surface area contributed by atoms with Gasteiger partial charge >= 0.3 is 0 Å². The Morgan fingerprint density at radius 1 is 1.16 bits per heavy atom. The third-order valence-electron chi connectivity index (χ3n) is 4.91. The highest BCUT2D eigenvalue weighted by atomic mass is 32.1. The highest BCUT2D eigenvalue weighted by molar-refractivity contribution is 7.59. The van der Waals surface area contributed by atoms with Gasteiger partial charge in [0.1, 0.15) is 22.7 Å². The number of hydrogen-bond donors (Lipinski definition) is 3. The lowest BCUT2D eigenvalue weighted by Crippen LogP contribution is -2.17. The maximum Gasteiger partial charge on any atom is 0.261 e. The molecule has 0 saturated carbocycles. The van der Waals surface area contributed by atoms with Crippen LogP contribution < -0.4 is 15.6 Å². The van der Waals surface area contributed by atoms with Gasteiger partial charge in [0.2, 0.25) is 5.88 Å². The molecule has 5 heterocycles. The van der Waals surface area contributed by atoms with Crippen molar-refractivity contribution in [1.29, 1.82) is 0 Å². The second kappa shape index (κ2) is 8.30. The summed E-state index contributed by atoms with van der Waals surface area (Å²) in [7, 11) is 3.33. The van der Waals surface area contributed by atoms with Gasteiger partial charge in [-0.2, -0.15) is 18.6 Å². The maximum absolute atomic E-state index is 13.1. The lowest BCUT2D eigenvalue weighted by Gasteiger charge is -2.16. The number of aryl methyl sites for hydroxylation is 1. The first-order valence-electron chi connectivity index (χ1n) is 9.56. The van der Waals surface area contributed by atoms with Gasteiger partial charge in [-0.05, 0) is 13.0 Å². The van der Waals surface area contributed by atoms with Crippen LogP contribution in [0.3, 0.4) is 0 Å². The topological polar surface area (TPSA) is 139 Å². The summed E-state index contributed by atoms with van der Waals surface area (Å²) in [6.07, 6.45) is 6.72. The van der Waals surface area contributed by atoms with Crippen LogP contribution in [0.4, 0.5) is 5.69 Å². The number of aromatic amines is 2. The van der Waals surface area contributed by atoms with Gasteiger partial charge in [-0.3, -0.25) is 9.48 Å². The van der Waals surface area contributed by atoms with Crippen LogP contribution in [0.15, 0.2) is 41.7 Å². The van der Waals surface area contributed by atoms with Crippen molar-refractivity contribution >= 4 is 41.2 Å². The minimum Gasteiger partial charge on any atom is -0.481 e. The molecule has 3 N–H and O–H groups in total. The van der Waals surface area contributed by atoms with Gasteiger partial charge in [0.15, 0.2) is 0 Å². The molecule has 0 saturated heterocycles. The second-order valence-electron chi connectivity index (χ2n) is 7.07. The van der Waals surface area contributed by atoms with E-state index in [1.54, 1.807) is 48.6 Å². The van der Waals surface area contributed by atoms with Crippen LogP contribution in [0.25, 0.3) is 33.5 Å². The number of aromatic nitrogens is 8. The van der Waals surface area contributed by atoms with Gasteiger partial charge in [-0.15, -0.1) is 0 Å². The lowest BCUT2D eigenvalue weighted by atomic mass is 10.1. The quantitative estimate of drug-likeness (QED) is 0.370. The largest absolute Gasteiger partial charge is 0.481 e. The molecule has 0 unspecified atom stereocenters. The Labute approximate surface area is 188 Å². The number of nitrogens with one attached hydrogen (secondary N) is 3. The summed E-state index contributed by atoms with van der Waals surface area (Å²) in [6.45, 7) is 1.92. The highest BCUT2D eigenvalue weighted by Gasteiger charge is 2.22. The molecular weight excluding hydrogens is 430 g/mol. The number of methoxy groups -OCH3 is 1. The van der Waals surface area contributed by atoms with E-state index in [2.05, 4.69) is 40.3 Å². The summed E-state index contributed by atoms with van der Waals surface area (Å²) in [5.41, 5.74) is 3.11. The van der Waals surface area contributed by atoms with E-state index in [9.17, 15) is 4.79 Å². The molecule has 0 fully saturated rings. The van der Waals surface area contributed by atoms with Crippen LogP contribution >= 0.6 is 13.5 Å². The number of rotatable bonds is 5. The number of H-pyrrole nitrogens is 2. The van der Waals surface area contributed by atoms with E-state index in [4.69, 9.17) is 4.74 Å². The third-order valence-corrected chi connectivity index (χ3v) is 4.91. The standard InChI is InChI=1S/C20H19N9O2.H2S/c1-10(18-21-5-4-6-22-18)24-17-15(20(30)27-13-9-29(2)28-16(13)17)19-25-11-7-14(31-3)23-8-12(11)26-19;/h4-10,24H,1-3H3,(H,25,26)(H,27,30);1H2/t10-;/m0./s1. The molecule has 0 aromatic carbocycles. The van der Waals surface area contributed by atoms with Crippen molar-refractivity contribution < 1.29 is 4.74 Å². The minimum absolute atomic E-state index is 0. The molecule has 0 spiro atoms. The molecule has 0 aliphatic heterocycles. The van der Waals surface area contributed by atoms with Crippen molar-refractivity contribution in [2.75, 3.05) is 12.4 Å².